The first-order valence-electron chi connectivity index (χ1n) is 8.22. The van der Waals surface area contributed by atoms with Crippen LogP contribution in [0.15, 0.2) is 83.1 Å². The van der Waals surface area contributed by atoms with Crippen LogP contribution in [0.3, 0.4) is 0 Å². The molecule has 0 fully saturated rings. The Bertz CT molecular complexity index is 1320. The highest BCUT2D eigenvalue weighted by molar-refractivity contribution is 7.12. The third-order valence-corrected chi connectivity index (χ3v) is 5.23. The highest BCUT2D eigenvalue weighted by atomic mass is 32.1. The predicted molar refractivity (Wildman–Crippen MR) is 106 cm³/mol. The van der Waals surface area contributed by atoms with E-state index in [1.54, 1.807) is 6.20 Å². The zero-order chi connectivity index (χ0) is 17.5. The summed E-state index contributed by atoms with van der Waals surface area (Å²) >= 11 is 1.41. The van der Waals surface area contributed by atoms with E-state index in [0.29, 0.717) is 10.5 Å². The van der Waals surface area contributed by atoms with Gasteiger partial charge in [-0.3, -0.25) is 4.79 Å². The van der Waals surface area contributed by atoms with Crippen LogP contribution >= 0.6 is 11.3 Å². The maximum absolute atomic E-state index is 12.7. The molecule has 2 aromatic heterocycles. The van der Waals surface area contributed by atoms with Gasteiger partial charge in [0.15, 0.2) is 0 Å². The van der Waals surface area contributed by atoms with Gasteiger partial charge in [-0.25, -0.2) is 4.98 Å². The second-order valence-electron chi connectivity index (χ2n) is 6.03. The molecule has 0 saturated carbocycles. The lowest BCUT2D eigenvalue weighted by Gasteiger charge is -2.02. The van der Waals surface area contributed by atoms with E-state index in [-0.39, 0.29) is 5.56 Å². The van der Waals surface area contributed by atoms with Crippen molar-refractivity contribution in [2.45, 2.75) is 0 Å². The number of fused-ring (bicyclic) bond motifs is 2. The molecule has 0 bridgehead atoms. The maximum atomic E-state index is 12.7. The number of nitrogens with zero attached hydrogens (tertiary/aromatic N) is 3. The topological polar surface area (TPSA) is 47.8 Å². The van der Waals surface area contributed by atoms with Gasteiger partial charge in [0.1, 0.15) is 0 Å². The minimum atomic E-state index is -0.150. The smallest absolute Gasteiger partial charge is 0.267 e. The standard InChI is InChI=1S/C21H13N3OS/c25-20-18-8-4-3-7-17(18)12-22-24(20)21-23-19(13-26-21)16-10-9-14-5-1-2-6-15(14)11-16/h1-13H. The van der Waals surface area contributed by atoms with Crippen LogP contribution in [-0.2, 0) is 0 Å². The molecule has 5 rings (SSSR count). The van der Waals surface area contributed by atoms with Crippen LogP contribution < -0.4 is 5.56 Å². The van der Waals surface area contributed by atoms with E-state index in [4.69, 9.17) is 0 Å². The van der Waals surface area contributed by atoms with E-state index in [1.165, 1.54) is 26.8 Å². The lowest BCUT2D eigenvalue weighted by molar-refractivity contribution is 0.813. The summed E-state index contributed by atoms with van der Waals surface area (Å²) in [5.74, 6) is 0. The van der Waals surface area contributed by atoms with Crippen LogP contribution in [0.2, 0.25) is 0 Å². The molecule has 0 atom stereocenters. The average molecular weight is 355 g/mol. The number of aromatic nitrogens is 3. The fraction of sp³-hybridized carbons (Fsp3) is 0. The van der Waals surface area contributed by atoms with Gasteiger partial charge in [-0.15, -0.1) is 11.3 Å². The third kappa shape index (κ3) is 2.41. The lowest BCUT2D eigenvalue weighted by atomic mass is 10.1. The third-order valence-electron chi connectivity index (χ3n) is 4.41. The van der Waals surface area contributed by atoms with E-state index in [9.17, 15) is 4.79 Å². The Morgan fingerprint density at radius 1 is 0.846 bits per heavy atom. The molecular formula is C21H13N3OS. The lowest BCUT2D eigenvalue weighted by Crippen LogP contribution is -2.20. The molecule has 0 radical (unpaired) electrons. The van der Waals surface area contributed by atoms with E-state index in [1.807, 2.05) is 41.8 Å². The van der Waals surface area contributed by atoms with Gasteiger partial charge in [-0.2, -0.15) is 9.78 Å². The van der Waals surface area contributed by atoms with Crippen molar-refractivity contribution in [2.24, 2.45) is 0 Å². The molecule has 4 nitrogen and oxygen atoms in total. The van der Waals surface area contributed by atoms with Gasteiger partial charge in [0, 0.05) is 16.3 Å². The number of benzene rings is 3. The van der Waals surface area contributed by atoms with Crippen LogP contribution in [0.5, 0.6) is 0 Å². The van der Waals surface area contributed by atoms with Crippen LogP contribution in [0.4, 0.5) is 0 Å². The predicted octanol–water partition coefficient (Wildman–Crippen LogP) is 4.66. The molecule has 3 aromatic carbocycles. The number of hydrogen-bond acceptors (Lipinski definition) is 4. The maximum Gasteiger partial charge on any atom is 0.281 e. The first-order chi connectivity index (χ1) is 12.8. The van der Waals surface area contributed by atoms with Crippen LogP contribution in [-0.4, -0.2) is 14.8 Å². The van der Waals surface area contributed by atoms with Gasteiger partial charge < -0.3 is 0 Å². The second kappa shape index (κ2) is 5.89. The molecule has 5 heteroatoms. The highest BCUT2D eigenvalue weighted by Gasteiger charge is 2.11. The molecule has 0 amide bonds. The van der Waals surface area contributed by atoms with Gasteiger partial charge in [-0.1, -0.05) is 54.6 Å². The van der Waals surface area contributed by atoms with Crippen molar-refractivity contribution in [1.82, 2.24) is 14.8 Å². The minimum absolute atomic E-state index is 0.150. The molecule has 5 aromatic rings. The molecular weight excluding hydrogens is 342 g/mol. The molecule has 0 N–H and O–H groups in total. The number of hydrogen-bond donors (Lipinski definition) is 0. The molecule has 0 unspecified atom stereocenters. The first-order valence-corrected chi connectivity index (χ1v) is 9.10. The molecule has 0 saturated heterocycles. The Morgan fingerprint density at radius 2 is 1.62 bits per heavy atom. The monoisotopic (exact) mass is 355 g/mol. The second-order valence-corrected chi connectivity index (χ2v) is 6.86. The summed E-state index contributed by atoms with van der Waals surface area (Å²) in [6, 6.07) is 21.9. The zero-order valence-electron chi connectivity index (χ0n) is 13.7. The highest BCUT2D eigenvalue weighted by Crippen LogP contribution is 2.26. The van der Waals surface area contributed by atoms with E-state index in [2.05, 4.69) is 40.4 Å². The fourth-order valence-corrected chi connectivity index (χ4v) is 3.86. The summed E-state index contributed by atoms with van der Waals surface area (Å²) in [4.78, 5) is 17.4. The van der Waals surface area contributed by atoms with Crippen LogP contribution in [0.1, 0.15) is 0 Å². The Labute approximate surface area is 153 Å². The van der Waals surface area contributed by atoms with Crippen LogP contribution in [0, 0.1) is 0 Å². The quantitative estimate of drug-likeness (QED) is 0.463. The van der Waals surface area contributed by atoms with E-state index < -0.39 is 0 Å². The fourth-order valence-electron chi connectivity index (χ4n) is 3.07. The first kappa shape index (κ1) is 15.0. The Hall–Kier alpha value is -3.31. The molecule has 0 aliphatic heterocycles. The summed E-state index contributed by atoms with van der Waals surface area (Å²) < 4.78 is 1.37. The summed E-state index contributed by atoms with van der Waals surface area (Å²) in [6.07, 6.45) is 1.70. The van der Waals surface area contributed by atoms with Crippen molar-refractivity contribution >= 4 is 32.9 Å². The molecule has 2 heterocycles. The van der Waals surface area contributed by atoms with Crippen molar-refractivity contribution < 1.29 is 0 Å². The van der Waals surface area contributed by atoms with Crippen molar-refractivity contribution in [1.29, 1.82) is 0 Å². The summed E-state index contributed by atoms with van der Waals surface area (Å²) in [5.41, 5.74) is 1.72. The van der Waals surface area contributed by atoms with Gasteiger partial charge in [0.2, 0.25) is 5.13 Å². The number of thiazole rings is 1. The molecule has 0 aliphatic carbocycles. The Morgan fingerprint density at radius 3 is 2.50 bits per heavy atom. The summed E-state index contributed by atoms with van der Waals surface area (Å²) in [5, 5.41) is 10.7. The zero-order valence-corrected chi connectivity index (χ0v) is 14.5. The van der Waals surface area contributed by atoms with Crippen molar-refractivity contribution in [2.75, 3.05) is 0 Å². The van der Waals surface area contributed by atoms with Crippen molar-refractivity contribution in [3.63, 3.8) is 0 Å². The van der Waals surface area contributed by atoms with Crippen molar-refractivity contribution in [3.8, 4) is 16.4 Å². The van der Waals surface area contributed by atoms with E-state index >= 15 is 0 Å². The van der Waals surface area contributed by atoms with Crippen LogP contribution in [0.25, 0.3) is 37.9 Å². The SMILES string of the molecule is O=c1c2ccccc2cnn1-c1nc(-c2ccc3ccccc3c2)cs1. The van der Waals surface area contributed by atoms with Crippen molar-refractivity contribution in [3.05, 3.63) is 88.7 Å². The van der Waals surface area contributed by atoms with Gasteiger partial charge in [-0.05, 0) is 22.9 Å². The Kier molecular flexibility index (Phi) is 3.40. The van der Waals surface area contributed by atoms with E-state index in [0.717, 1.165) is 16.6 Å². The molecule has 124 valence electrons. The summed E-state index contributed by atoms with van der Waals surface area (Å²) in [7, 11) is 0. The average Bonchev–Trinajstić information content (AvgIpc) is 3.18. The van der Waals surface area contributed by atoms with Gasteiger partial charge in [0.05, 0.1) is 17.3 Å². The largest absolute Gasteiger partial charge is 0.281 e. The van der Waals surface area contributed by atoms with Gasteiger partial charge in [0.25, 0.3) is 5.56 Å². The number of rotatable bonds is 2. The summed E-state index contributed by atoms with van der Waals surface area (Å²) in [6.45, 7) is 0. The normalized spacial score (nSPS) is 11.2. The Balaban J connectivity index is 1.61. The van der Waals surface area contributed by atoms with Gasteiger partial charge >= 0.3 is 0 Å². The molecule has 26 heavy (non-hydrogen) atoms. The minimum Gasteiger partial charge on any atom is -0.267 e. The molecule has 0 spiro atoms. The molecule has 0 aliphatic rings.